The predicted molar refractivity (Wildman–Crippen MR) is 105 cm³/mol. The average molecular weight is 380 g/mol. The molecule has 0 fully saturated rings. The summed E-state index contributed by atoms with van der Waals surface area (Å²) in [4.78, 5) is 12.2. The van der Waals surface area contributed by atoms with Gasteiger partial charge in [0, 0.05) is 11.1 Å². The standard InChI is InChI=1S/C20H20N4O4/c1-3-28-15-8-4-6-13(10-15)16-11-17(23-22-16)20(26)24-21-12-14-7-5-9-18(27-2)19(14)25/h4-12,25H,3H2,1-2H3,(H,22,23)(H,24,26)/b21-12+. The van der Waals surface area contributed by atoms with Gasteiger partial charge in [0.25, 0.3) is 5.91 Å². The Morgan fingerprint density at radius 1 is 1.29 bits per heavy atom. The monoisotopic (exact) mass is 380 g/mol. The van der Waals surface area contributed by atoms with Crippen molar-refractivity contribution in [1.82, 2.24) is 15.6 Å². The molecule has 1 amide bonds. The summed E-state index contributed by atoms with van der Waals surface area (Å²) >= 11 is 0. The number of carbonyl (C=O) groups is 1. The van der Waals surface area contributed by atoms with Crippen molar-refractivity contribution in [2.75, 3.05) is 13.7 Å². The maximum atomic E-state index is 12.2. The first-order valence-corrected chi connectivity index (χ1v) is 8.60. The third kappa shape index (κ3) is 4.29. The molecule has 0 atom stereocenters. The fourth-order valence-electron chi connectivity index (χ4n) is 2.53. The highest BCUT2D eigenvalue weighted by atomic mass is 16.5. The first-order valence-electron chi connectivity index (χ1n) is 8.60. The van der Waals surface area contributed by atoms with Crippen LogP contribution in [0.3, 0.4) is 0 Å². The Balaban J connectivity index is 1.69. The number of methoxy groups -OCH3 is 1. The number of H-pyrrole nitrogens is 1. The second kappa shape index (κ2) is 8.72. The smallest absolute Gasteiger partial charge is 0.289 e. The summed E-state index contributed by atoms with van der Waals surface area (Å²) in [5.41, 5.74) is 4.50. The van der Waals surface area contributed by atoms with Crippen molar-refractivity contribution >= 4 is 12.1 Å². The third-order valence-corrected chi connectivity index (χ3v) is 3.88. The van der Waals surface area contributed by atoms with E-state index in [1.54, 1.807) is 24.3 Å². The van der Waals surface area contributed by atoms with Crippen molar-refractivity contribution in [2.45, 2.75) is 6.92 Å². The molecule has 0 spiro atoms. The number of ether oxygens (including phenoxy) is 2. The summed E-state index contributed by atoms with van der Waals surface area (Å²) < 4.78 is 10.5. The van der Waals surface area contributed by atoms with E-state index in [0.29, 0.717) is 23.6 Å². The first kappa shape index (κ1) is 19.0. The van der Waals surface area contributed by atoms with E-state index in [4.69, 9.17) is 9.47 Å². The van der Waals surface area contributed by atoms with Crippen LogP contribution in [0.4, 0.5) is 0 Å². The van der Waals surface area contributed by atoms with Gasteiger partial charge in [-0.15, -0.1) is 0 Å². The SMILES string of the molecule is CCOc1cccc(-c2cc(C(=O)N/N=C/c3cccc(OC)c3O)[nH]n2)c1. The number of nitrogens with zero attached hydrogens (tertiary/aromatic N) is 2. The Morgan fingerprint density at radius 3 is 2.89 bits per heavy atom. The Bertz CT molecular complexity index is 997. The molecule has 0 aliphatic carbocycles. The number of amides is 1. The fourth-order valence-corrected chi connectivity index (χ4v) is 2.53. The molecular weight excluding hydrogens is 360 g/mol. The van der Waals surface area contributed by atoms with Gasteiger partial charge in [-0.2, -0.15) is 10.2 Å². The van der Waals surface area contributed by atoms with Crippen LogP contribution in [0.1, 0.15) is 23.0 Å². The summed E-state index contributed by atoms with van der Waals surface area (Å²) in [5.74, 6) is 0.541. The molecule has 8 heteroatoms. The van der Waals surface area contributed by atoms with Crippen LogP contribution in [-0.4, -0.2) is 41.1 Å². The van der Waals surface area contributed by atoms with Crippen molar-refractivity contribution in [3.05, 3.63) is 59.8 Å². The van der Waals surface area contributed by atoms with Crippen molar-refractivity contribution < 1.29 is 19.4 Å². The molecule has 1 heterocycles. The molecule has 0 unspecified atom stereocenters. The van der Waals surface area contributed by atoms with E-state index in [1.807, 2.05) is 31.2 Å². The topological polar surface area (TPSA) is 109 Å². The summed E-state index contributed by atoms with van der Waals surface area (Å²) in [7, 11) is 1.46. The summed E-state index contributed by atoms with van der Waals surface area (Å²) in [5, 5.41) is 20.7. The number of carbonyl (C=O) groups excluding carboxylic acids is 1. The van der Waals surface area contributed by atoms with Crippen molar-refractivity contribution in [3.63, 3.8) is 0 Å². The number of aromatic amines is 1. The highest BCUT2D eigenvalue weighted by Crippen LogP contribution is 2.28. The molecule has 144 valence electrons. The Hall–Kier alpha value is -3.81. The van der Waals surface area contributed by atoms with Crippen LogP contribution in [0, 0.1) is 0 Å². The van der Waals surface area contributed by atoms with Gasteiger partial charge in [0.2, 0.25) is 0 Å². The predicted octanol–water partition coefficient (Wildman–Crippen LogP) is 2.95. The van der Waals surface area contributed by atoms with Gasteiger partial charge < -0.3 is 14.6 Å². The van der Waals surface area contributed by atoms with Gasteiger partial charge in [-0.25, -0.2) is 5.43 Å². The van der Waals surface area contributed by atoms with E-state index in [0.717, 1.165) is 11.3 Å². The Labute approximate surface area is 161 Å². The van der Waals surface area contributed by atoms with E-state index in [-0.39, 0.29) is 11.4 Å². The second-order valence-electron chi connectivity index (χ2n) is 5.72. The van der Waals surface area contributed by atoms with Crippen LogP contribution in [0.25, 0.3) is 11.3 Å². The molecule has 3 N–H and O–H groups in total. The largest absolute Gasteiger partial charge is 0.504 e. The molecule has 8 nitrogen and oxygen atoms in total. The van der Waals surface area contributed by atoms with Gasteiger partial charge in [0.15, 0.2) is 11.5 Å². The summed E-state index contributed by atoms with van der Waals surface area (Å²) in [6, 6.07) is 14.0. The molecule has 0 radical (unpaired) electrons. The van der Waals surface area contributed by atoms with Gasteiger partial charge >= 0.3 is 0 Å². The zero-order valence-electron chi connectivity index (χ0n) is 15.5. The lowest BCUT2D eigenvalue weighted by molar-refractivity contribution is 0.0950. The number of nitrogens with one attached hydrogen (secondary N) is 2. The normalized spacial score (nSPS) is 10.8. The molecular formula is C20H20N4O4. The summed E-state index contributed by atoms with van der Waals surface area (Å²) in [6.07, 6.45) is 1.33. The number of phenols is 1. The molecule has 3 aromatic rings. The maximum Gasteiger partial charge on any atom is 0.289 e. The van der Waals surface area contributed by atoms with Crippen LogP contribution in [0.2, 0.25) is 0 Å². The molecule has 28 heavy (non-hydrogen) atoms. The molecule has 0 bridgehead atoms. The van der Waals surface area contributed by atoms with E-state index >= 15 is 0 Å². The number of hydrazone groups is 1. The van der Waals surface area contributed by atoms with Gasteiger partial charge in [-0.1, -0.05) is 18.2 Å². The van der Waals surface area contributed by atoms with Crippen LogP contribution in [0.15, 0.2) is 53.6 Å². The minimum Gasteiger partial charge on any atom is -0.504 e. The van der Waals surface area contributed by atoms with Gasteiger partial charge in [0.05, 0.1) is 25.6 Å². The maximum absolute atomic E-state index is 12.2. The second-order valence-corrected chi connectivity index (χ2v) is 5.72. The van der Waals surface area contributed by atoms with Crippen molar-refractivity contribution in [2.24, 2.45) is 5.10 Å². The van der Waals surface area contributed by atoms with Crippen LogP contribution in [-0.2, 0) is 0 Å². The highest BCUT2D eigenvalue weighted by molar-refractivity contribution is 5.94. The molecule has 0 saturated heterocycles. The Morgan fingerprint density at radius 2 is 2.11 bits per heavy atom. The number of rotatable bonds is 7. The van der Waals surface area contributed by atoms with Gasteiger partial charge in [0.1, 0.15) is 11.4 Å². The van der Waals surface area contributed by atoms with Crippen molar-refractivity contribution in [3.8, 4) is 28.5 Å². The minimum atomic E-state index is -0.460. The molecule has 0 saturated carbocycles. The lowest BCUT2D eigenvalue weighted by Crippen LogP contribution is -2.18. The number of hydrogen-bond donors (Lipinski definition) is 3. The van der Waals surface area contributed by atoms with Crippen LogP contribution >= 0.6 is 0 Å². The molecule has 2 aromatic carbocycles. The molecule has 0 aliphatic heterocycles. The Kier molecular flexibility index (Phi) is 5.91. The van der Waals surface area contributed by atoms with Crippen molar-refractivity contribution in [1.29, 1.82) is 0 Å². The van der Waals surface area contributed by atoms with Crippen LogP contribution in [0.5, 0.6) is 17.2 Å². The van der Waals surface area contributed by atoms with E-state index in [1.165, 1.54) is 13.3 Å². The number of hydrogen-bond acceptors (Lipinski definition) is 6. The highest BCUT2D eigenvalue weighted by Gasteiger charge is 2.11. The first-order chi connectivity index (χ1) is 13.6. The zero-order valence-corrected chi connectivity index (χ0v) is 15.5. The number of aromatic hydroxyl groups is 1. The molecule has 0 aliphatic rings. The lowest BCUT2D eigenvalue weighted by Gasteiger charge is -2.04. The average Bonchev–Trinajstić information content (AvgIpc) is 3.20. The zero-order chi connectivity index (χ0) is 19.9. The van der Waals surface area contributed by atoms with E-state index < -0.39 is 5.91 Å². The molecule has 3 rings (SSSR count). The quantitative estimate of drug-likeness (QED) is 0.431. The van der Waals surface area contributed by atoms with Gasteiger partial charge in [-0.05, 0) is 37.3 Å². The number of para-hydroxylation sites is 1. The lowest BCUT2D eigenvalue weighted by atomic mass is 10.1. The molecule has 1 aromatic heterocycles. The van der Waals surface area contributed by atoms with Gasteiger partial charge in [-0.3, -0.25) is 9.89 Å². The number of aromatic nitrogens is 2. The van der Waals surface area contributed by atoms with E-state index in [9.17, 15) is 9.90 Å². The van der Waals surface area contributed by atoms with Crippen LogP contribution < -0.4 is 14.9 Å². The third-order valence-electron chi connectivity index (χ3n) is 3.88. The summed E-state index contributed by atoms with van der Waals surface area (Å²) in [6.45, 7) is 2.48. The fraction of sp³-hybridized carbons (Fsp3) is 0.150. The minimum absolute atomic E-state index is 0.0546. The number of benzene rings is 2. The van der Waals surface area contributed by atoms with E-state index in [2.05, 4.69) is 20.7 Å². The number of phenolic OH excluding ortho intramolecular Hbond substituents is 1.